The summed E-state index contributed by atoms with van der Waals surface area (Å²) in [7, 11) is 5.67. The number of aromatic nitrogens is 2. The van der Waals surface area contributed by atoms with E-state index in [2.05, 4.69) is 44.9 Å². The van der Waals surface area contributed by atoms with Crippen molar-refractivity contribution in [2.45, 2.75) is 37.8 Å². The zero-order chi connectivity index (χ0) is 18.3. The molecule has 0 atom stereocenters. The number of anilines is 2. The van der Waals surface area contributed by atoms with Gasteiger partial charge < -0.3 is 19.9 Å². The van der Waals surface area contributed by atoms with Crippen LogP contribution >= 0.6 is 22.6 Å². The lowest BCUT2D eigenvalue weighted by Crippen LogP contribution is -2.40. The van der Waals surface area contributed by atoms with Gasteiger partial charge in [0.2, 0.25) is 5.95 Å². The summed E-state index contributed by atoms with van der Waals surface area (Å²) in [5.74, 6) is 2.51. The number of nitrogens with one attached hydrogen (secondary N) is 1. The number of ether oxygens (including phenoxy) is 1. The van der Waals surface area contributed by atoms with E-state index in [0.29, 0.717) is 6.04 Å². The summed E-state index contributed by atoms with van der Waals surface area (Å²) in [6.07, 6.45) is 5.11. The van der Waals surface area contributed by atoms with Crippen LogP contribution < -0.4 is 15.0 Å². The number of hydrogen-bond donors (Lipinski definition) is 1. The summed E-state index contributed by atoms with van der Waals surface area (Å²) < 4.78 is 6.58. The van der Waals surface area contributed by atoms with Crippen molar-refractivity contribution in [2.75, 3.05) is 44.5 Å². The highest BCUT2D eigenvalue weighted by molar-refractivity contribution is 14.1. The standard InChI is InChI=1S/C19H26IN5O/c1-24(2)19-22-16-11-15(20)17(26-3)10-14(16)18(23-19)21-12-6-8-25(9-7-12)13-4-5-13/h10-13H,4-9H2,1-3H3,(H,21,22,23). The van der Waals surface area contributed by atoms with E-state index in [1.165, 1.54) is 38.8 Å². The van der Waals surface area contributed by atoms with Gasteiger partial charge in [-0.05, 0) is 60.4 Å². The predicted octanol–water partition coefficient (Wildman–Crippen LogP) is 3.35. The van der Waals surface area contributed by atoms with Crippen LogP contribution in [-0.4, -0.2) is 61.2 Å². The van der Waals surface area contributed by atoms with Gasteiger partial charge in [0.05, 0.1) is 16.2 Å². The Morgan fingerprint density at radius 1 is 1.15 bits per heavy atom. The van der Waals surface area contributed by atoms with Gasteiger partial charge in [0.15, 0.2) is 0 Å². The Kier molecular flexibility index (Phi) is 5.09. The third-order valence-electron chi connectivity index (χ3n) is 5.29. The minimum atomic E-state index is 0.461. The predicted molar refractivity (Wildman–Crippen MR) is 114 cm³/mol. The van der Waals surface area contributed by atoms with E-state index in [9.17, 15) is 0 Å². The van der Waals surface area contributed by atoms with Crippen LogP contribution in [0, 0.1) is 3.57 Å². The summed E-state index contributed by atoms with van der Waals surface area (Å²) in [5, 5.41) is 4.73. The highest BCUT2D eigenvalue weighted by Gasteiger charge is 2.32. The Morgan fingerprint density at radius 2 is 1.88 bits per heavy atom. The molecule has 1 N–H and O–H groups in total. The minimum absolute atomic E-state index is 0.461. The van der Waals surface area contributed by atoms with E-state index in [1.54, 1.807) is 7.11 Å². The smallest absolute Gasteiger partial charge is 0.227 e. The van der Waals surface area contributed by atoms with E-state index >= 15 is 0 Å². The van der Waals surface area contributed by atoms with Gasteiger partial charge in [0.1, 0.15) is 11.6 Å². The molecule has 0 spiro atoms. The van der Waals surface area contributed by atoms with Crippen molar-refractivity contribution in [1.82, 2.24) is 14.9 Å². The first-order valence-electron chi connectivity index (χ1n) is 9.28. The van der Waals surface area contributed by atoms with Crippen LogP contribution in [0.15, 0.2) is 12.1 Å². The summed E-state index contributed by atoms with van der Waals surface area (Å²) >= 11 is 2.29. The maximum atomic E-state index is 5.52. The van der Waals surface area contributed by atoms with E-state index < -0.39 is 0 Å². The minimum Gasteiger partial charge on any atom is -0.496 e. The van der Waals surface area contributed by atoms with E-state index in [0.717, 1.165) is 38.0 Å². The zero-order valence-electron chi connectivity index (χ0n) is 15.6. The molecule has 0 amide bonds. The molecule has 2 aromatic rings. The van der Waals surface area contributed by atoms with Crippen molar-refractivity contribution < 1.29 is 4.74 Å². The highest BCUT2D eigenvalue weighted by atomic mass is 127. The fourth-order valence-electron chi connectivity index (χ4n) is 3.63. The number of fused-ring (bicyclic) bond motifs is 1. The van der Waals surface area contributed by atoms with Crippen molar-refractivity contribution in [3.8, 4) is 5.75 Å². The quantitative estimate of drug-likeness (QED) is 0.681. The molecule has 4 rings (SSSR count). The summed E-state index contributed by atoms with van der Waals surface area (Å²) in [6, 6.07) is 5.45. The molecular weight excluding hydrogens is 441 g/mol. The molecular formula is C19H26IN5O. The van der Waals surface area contributed by atoms with Crippen molar-refractivity contribution in [3.05, 3.63) is 15.7 Å². The van der Waals surface area contributed by atoms with Crippen LogP contribution in [0.25, 0.3) is 10.9 Å². The van der Waals surface area contributed by atoms with Gasteiger partial charge in [0, 0.05) is 44.7 Å². The van der Waals surface area contributed by atoms with Crippen molar-refractivity contribution in [3.63, 3.8) is 0 Å². The first-order chi connectivity index (χ1) is 12.5. The third kappa shape index (κ3) is 3.69. The molecule has 1 saturated heterocycles. The van der Waals surface area contributed by atoms with Crippen LogP contribution in [0.4, 0.5) is 11.8 Å². The normalized spacial score (nSPS) is 18.9. The Labute approximate surface area is 168 Å². The molecule has 6 nitrogen and oxygen atoms in total. The van der Waals surface area contributed by atoms with E-state index in [-0.39, 0.29) is 0 Å². The Hall–Kier alpha value is -1.35. The van der Waals surface area contributed by atoms with Crippen LogP contribution in [0.3, 0.4) is 0 Å². The third-order valence-corrected chi connectivity index (χ3v) is 6.13. The van der Waals surface area contributed by atoms with Gasteiger partial charge in [-0.3, -0.25) is 0 Å². The molecule has 7 heteroatoms. The summed E-state index contributed by atoms with van der Waals surface area (Å²) in [5.41, 5.74) is 0.951. The number of halogens is 1. The number of rotatable bonds is 5. The molecule has 0 unspecified atom stereocenters. The second-order valence-corrected chi connectivity index (χ2v) is 8.62. The Morgan fingerprint density at radius 3 is 2.50 bits per heavy atom. The zero-order valence-corrected chi connectivity index (χ0v) is 17.8. The number of hydrogen-bond acceptors (Lipinski definition) is 6. The molecule has 2 aliphatic rings. The number of methoxy groups -OCH3 is 1. The van der Waals surface area contributed by atoms with Gasteiger partial charge in [-0.25, -0.2) is 4.98 Å². The first kappa shape index (κ1) is 18.0. The average Bonchev–Trinajstić information content (AvgIpc) is 3.46. The van der Waals surface area contributed by atoms with Gasteiger partial charge >= 0.3 is 0 Å². The fourth-order valence-corrected chi connectivity index (χ4v) is 4.30. The molecule has 1 aromatic carbocycles. The maximum Gasteiger partial charge on any atom is 0.227 e. The SMILES string of the molecule is COc1cc2c(NC3CCN(C4CC4)CC3)nc(N(C)C)nc2cc1I. The number of likely N-dealkylation sites (tertiary alicyclic amines) is 1. The Bertz CT molecular complexity index is 800. The van der Waals surface area contributed by atoms with E-state index in [4.69, 9.17) is 14.7 Å². The largest absolute Gasteiger partial charge is 0.496 e. The molecule has 0 radical (unpaired) electrons. The van der Waals surface area contributed by atoms with Gasteiger partial charge in [-0.1, -0.05) is 0 Å². The maximum absolute atomic E-state index is 5.52. The molecule has 0 bridgehead atoms. The molecule has 2 heterocycles. The van der Waals surface area contributed by atoms with Crippen molar-refractivity contribution >= 4 is 45.3 Å². The van der Waals surface area contributed by atoms with Crippen molar-refractivity contribution in [1.29, 1.82) is 0 Å². The molecule has 140 valence electrons. The molecule has 1 saturated carbocycles. The summed E-state index contributed by atoms with van der Waals surface area (Å²) in [6.45, 7) is 2.38. The number of piperidine rings is 1. The van der Waals surface area contributed by atoms with Gasteiger partial charge in [-0.2, -0.15) is 4.98 Å². The lowest BCUT2D eigenvalue weighted by molar-refractivity contribution is 0.210. The highest BCUT2D eigenvalue weighted by Crippen LogP contribution is 2.33. The second kappa shape index (κ2) is 7.34. The van der Waals surface area contributed by atoms with Crippen LogP contribution in [0.2, 0.25) is 0 Å². The lowest BCUT2D eigenvalue weighted by Gasteiger charge is -2.33. The van der Waals surface area contributed by atoms with Crippen LogP contribution in [0.5, 0.6) is 5.75 Å². The monoisotopic (exact) mass is 467 g/mol. The van der Waals surface area contributed by atoms with Crippen LogP contribution in [-0.2, 0) is 0 Å². The Balaban J connectivity index is 1.63. The molecule has 2 fully saturated rings. The lowest BCUT2D eigenvalue weighted by atomic mass is 10.0. The van der Waals surface area contributed by atoms with Gasteiger partial charge in [-0.15, -0.1) is 0 Å². The fraction of sp³-hybridized carbons (Fsp3) is 0.579. The molecule has 1 aromatic heterocycles. The molecule has 1 aliphatic heterocycles. The topological polar surface area (TPSA) is 53.5 Å². The molecule has 26 heavy (non-hydrogen) atoms. The molecule has 1 aliphatic carbocycles. The second-order valence-electron chi connectivity index (χ2n) is 7.46. The van der Waals surface area contributed by atoms with Crippen LogP contribution in [0.1, 0.15) is 25.7 Å². The summed E-state index contributed by atoms with van der Waals surface area (Å²) in [4.78, 5) is 14.1. The average molecular weight is 467 g/mol. The van der Waals surface area contributed by atoms with Gasteiger partial charge in [0.25, 0.3) is 0 Å². The number of benzene rings is 1. The first-order valence-corrected chi connectivity index (χ1v) is 10.4. The number of nitrogens with zero attached hydrogens (tertiary/aromatic N) is 4. The van der Waals surface area contributed by atoms with Crippen molar-refractivity contribution in [2.24, 2.45) is 0 Å². The van der Waals surface area contributed by atoms with E-state index in [1.807, 2.05) is 19.0 Å².